The maximum absolute atomic E-state index is 12.6. The molecule has 5 aromatic carbocycles. The minimum atomic E-state index is -1.38. The summed E-state index contributed by atoms with van der Waals surface area (Å²) in [7, 11) is 1.31. The largest absolute Gasteiger partial charge is 0.507 e. The zero-order valence-corrected chi connectivity index (χ0v) is 30.6. The van der Waals surface area contributed by atoms with Gasteiger partial charge in [-0.05, 0) is 80.6 Å². The number of carbonyl (C=O) groups excluding carboxylic acids is 2. The van der Waals surface area contributed by atoms with Crippen LogP contribution >= 0.6 is 12.4 Å². The van der Waals surface area contributed by atoms with Gasteiger partial charge in [0.2, 0.25) is 0 Å². The van der Waals surface area contributed by atoms with E-state index in [9.17, 15) is 29.7 Å². The predicted octanol–water partition coefficient (Wildman–Crippen LogP) is 8.74. The van der Waals surface area contributed by atoms with E-state index in [1.165, 1.54) is 56.7 Å². The molecule has 0 aliphatic heterocycles. The second-order valence-corrected chi connectivity index (χ2v) is 12.1. The molecule has 0 amide bonds. The quantitative estimate of drug-likeness (QED) is 0.0564. The van der Waals surface area contributed by atoms with E-state index >= 15 is 0 Å². The predicted molar refractivity (Wildman–Crippen MR) is 204 cm³/mol. The number of carboxylic acid groups (broad SMARTS) is 1. The molecule has 52 heavy (non-hydrogen) atoms. The molecule has 0 aromatic heterocycles. The average Bonchev–Trinajstić information content (AvgIpc) is 3.13. The Labute approximate surface area is 310 Å². The van der Waals surface area contributed by atoms with Gasteiger partial charge in [0.25, 0.3) is 0 Å². The highest BCUT2D eigenvalue weighted by Crippen LogP contribution is 2.36. The van der Waals surface area contributed by atoms with Gasteiger partial charge in [-0.2, -0.15) is 0 Å². The summed E-state index contributed by atoms with van der Waals surface area (Å²) < 4.78 is 10.3. The summed E-state index contributed by atoms with van der Waals surface area (Å²) in [6, 6.07) is 35.4. The van der Waals surface area contributed by atoms with Crippen LogP contribution in [0.5, 0.6) is 23.0 Å². The number of rotatable bonds is 12. The number of halogens is 1. The van der Waals surface area contributed by atoms with Crippen LogP contribution in [0.4, 0.5) is 0 Å². The van der Waals surface area contributed by atoms with E-state index < -0.39 is 23.4 Å². The molecule has 1 atom stereocenters. The van der Waals surface area contributed by atoms with Gasteiger partial charge in [-0.3, -0.25) is 4.79 Å². The van der Waals surface area contributed by atoms with Gasteiger partial charge in [0, 0.05) is 17.5 Å². The fourth-order valence-electron chi connectivity index (χ4n) is 5.92. The zero-order chi connectivity index (χ0) is 37.1. The average molecular weight is 726 g/mol. The van der Waals surface area contributed by atoms with E-state index in [1.54, 1.807) is 0 Å². The number of esters is 1. The van der Waals surface area contributed by atoms with Gasteiger partial charge in [-0.1, -0.05) is 91.0 Å². The highest BCUT2D eigenvalue weighted by Gasteiger charge is 2.26. The van der Waals surface area contributed by atoms with E-state index in [-0.39, 0.29) is 51.7 Å². The third-order valence-corrected chi connectivity index (χ3v) is 8.75. The standard InChI is InChI=1S/C23H25N.C19H18O8.ClH/c1-19(20-11-5-2-6-12-20)24-18-17-23(21-13-7-3-8-14-21)22-15-9-4-10-16-22;1-8-5-13(26-4)11(7-20)17(22)14(8)19(25)27-12-6-9(2)16(21)15(10(12)3)18(23)24;/h2-16,19,23-24H,17-18H2,1H3;5-7,21-22H,1-4H3,(H,23,24);1H. The third kappa shape index (κ3) is 9.78. The topological polar surface area (TPSA) is 142 Å². The van der Waals surface area contributed by atoms with Crippen LogP contribution in [0.3, 0.4) is 0 Å². The highest BCUT2D eigenvalue weighted by atomic mass is 35.5. The van der Waals surface area contributed by atoms with Crippen LogP contribution in [0.15, 0.2) is 103 Å². The number of carboxylic acids is 1. The Balaban J connectivity index is 0.000000277. The fraction of sp³-hybridized carbons (Fsp3) is 0.214. The number of ether oxygens (including phenoxy) is 2. The van der Waals surface area contributed by atoms with E-state index in [2.05, 4.69) is 103 Å². The summed E-state index contributed by atoms with van der Waals surface area (Å²) in [5, 5.41) is 33.2. The van der Waals surface area contributed by atoms with Gasteiger partial charge in [-0.15, -0.1) is 12.4 Å². The molecular formula is C42H44ClNO8. The minimum Gasteiger partial charge on any atom is -0.507 e. The van der Waals surface area contributed by atoms with Gasteiger partial charge < -0.3 is 30.1 Å². The van der Waals surface area contributed by atoms with E-state index in [0.29, 0.717) is 23.8 Å². The summed E-state index contributed by atoms with van der Waals surface area (Å²) in [4.78, 5) is 35.2. The first-order valence-electron chi connectivity index (χ1n) is 16.5. The van der Waals surface area contributed by atoms with Gasteiger partial charge in [0.1, 0.15) is 34.1 Å². The molecule has 0 fully saturated rings. The second-order valence-electron chi connectivity index (χ2n) is 12.1. The Hall–Kier alpha value is -5.64. The zero-order valence-electron chi connectivity index (χ0n) is 29.8. The number of aryl methyl sites for hydroxylation is 2. The maximum Gasteiger partial charge on any atom is 0.347 e. The van der Waals surface area contributed by atoms with Crippen molar-refractivity contribution in [2.75, 3.05) is 13.7 Å². The van der Waals surface area contributed by atoms with Crippen molar-refractivity contribution in [3.8, 4) is 23.0 Å². The summed E-state index contributed by atoms with van der Waals surface area (Å²) >= 11 is 0. The number of hydrogen-bond acceptors (Lipinski definition) is 8. The molecule has 0 aliphatic carbocycles. The normalized spacial score (nSPS) is 11.0. The molecule has 4 N–H and O–H groups in total. The van der Waals surface area contributed by atoms with Crippen LogP contribution < -0.4 is 14.8 Å². The van der Waals surface area contributed by atoms with Crippen LogP contribution in [-0.2, 0) is 0 Å². The molecule has 1 unspecified atom stereocenters. The van der Waals surface area contributed by atoms with Crippen LogP contribution in [0.1, 0.15) is 89.8 Å². The van der Waals surface area contributed by atoms with Gasteiger partial charge in [0.05, 0.1) is 12.7 Å². The molecule has 0 saturated carbocycles. The number of phenols is 2. The summed E-state index contributed by atoms with van der Waals surface area (Å²) in [6.07, 6.45) is 1.44. The number of benzene rings is 5. The van der Waals surface area contributed by atoms with Crippen LogP contribution in [0.25, 0.3) is 0 Å². The molecule has 0 radical (unpaired) electrons. The summed E-state index contributed by atoms with van der Waals surface area (Å²) in [5.74, 6) is -2.94. The monoisotopic (exact) mass is 725 g/mol. The van der Waals surface area contributed by atoms with Gasteiger partial charge >= 0.3 is 11.9 Å². The number of nitrogens with one attached hydrogen (secondary N) is 1. The third-order valence-electron chi connectivity index (χ3n) is 8.75. The lowest BCUT2D eigenvalue weighted by atomic mass is 9.88. The second kappa shape index (κ2) is 19.1. The highest BCUT2D eigenvalue weighted by molar-refractivity contribution is 6.00. The summed E-state index contributed by atoms with van der Waals surface area (Å²) in [6.45, 7) is 7.58. The summed E-state index contributed by atoms with van der Waals surface area (Å²) in [5.41, 5.74) is 3.81. The molecule has 10 heteroatoms. The van der Waals surface area contributed by atoms with E-state index in [0.717, 1.165) is 13.0 Å². The number of aldehydes is 1. The van der Waals surface area contributed by atoms with Crippen molar-refractivity contribution in [2.24, 2.45) is 0 Å². The number of phenolic OH excluding ortho intramolecular Hbond substituents is 1. The van der Waals surface area contributed by atoms with Gasteiger partial charge in [-0.25, -0.2) is 9.59 Å². The number of methoxy groups -OCH3 is 1. The number of aromatic carboxylic acids is 1. The molecule has 0 spiro atoms. The van der Waals surface area contributed by atoms with Crippen LogP contribution in [0.2, 0.25) is 0 Å². The lowest BCUT2D eigenvalue weighted by Crippen LogP contribution is -2.21. The molecular weight excluding hydrogens is 682 g/mol. The van der Waals surface area contributed by atoms with Crippen LogP contribution in [0, 0.1) is 20.8 Å². The fourth-order valence-corrected chi connectivity index (χ4v) is 5.92. The Morgan fingerprint density at radius 3 is 1.73 bits per heavy atom. The molecule has 9 nitrogen and oxygen atoms in total. The Kier molecular flexibility index (Phi) is 15.0. The first-order chi connectivity index (χ1) is 24.5. The van der Waals surface area contributed by atoms with Crippen molar-refractivity contribution < 1.29 is 39.2 Å². The molecule has 5 rings (SSSR count). The van der Waals surface area contributed by atoms with Crippen molar-refractivity contribution >= 4 is 30.6 Å². The molecule has 0 heterocycles. The number of hydrogen-bond donors (Lipinski definition) is 4. The van der Waals surface area contributed by atoms with Crippen molar-refractivity contribution in [3.05, 3.63) is 153 Å². The van der Waals surface area contributed by atoms with Crippen molar-refractivity contribution in [3.63, 3.8) is 0 Å². The SMILES string of the molecule is CC(NCCC(c1ccccc1)c1ccccc1)c1ccccc1.COc1cc(C)c(C(=O)Oc2cc(C)c(O)c(C(=O)O)c2C)c(O)c1C=O.Cl. The van der Waals surface area contributed by atoms with Crippen molar-refractivity contribution in [1.29, 1.82) is 0 Å². The first kappa shape index (κ1) is 40.8. The number of carbonyl (C=O) groups is 3. The molecule has 0 saturated heterocycles. The maximum atomic E-state index is 12.6. The Morgan fingerprint density at radius 2 is 1.25 bits per heavy atom. The van der Waals surface area contributed by atoms with Gasteiger partial charge in [0.15, 0.2) is 6.29 Å². The van der Waals surface area contributed by atoms with E-state index in [4.69, 9.17) is 9.47 Å². The Morgan fingerprint density at radius 1 is 0.750 bits per heavy atom. The molecule has 272 valence electrons. The minimum absolute atomic E-state index is 0. The Bertz CT molecular complexity index is 1930. The molecule has 0 aliphatic rings. The first-order valence-corrected chi connectivity index (χ1v) is 16.5. The van der Waals surface area contributed by atoms with Crippen molar-refractivity contribution in [2.45, 2.75) is 46.1 Å². The molecule has 0 bridgehead atoms. The molecule has 5 aromatic rings. The smallest absolute Gasteiger partial charge is 0.347 e. The van der Waals surface area contributed by atoms with E-state index in [1.807, 2.05) is 0 Å². The van der Waals surface area contributed by atoms with Crippen molar-refractivity contribution in [1.82, 2.24) is 5.32 Å². The lowest BCUT2D eigenvalue weighted by molar-refractivity contribution is 0.0681. The number of aromatic hydroxyl groups is 2. The van der Waals surface area contributed by atoms with Crippen LogP contribution in [-0.4, -0.2) is 47.2 Å². The lowest BCUT2D eigenvalue weighted by Gasteiger charge is -2.20.